The number of thiol groups is 1. The van der Waals surface area contributed by atoms with Gasteiger partial charge in [-0.1, -0.05) is 0 Å². The van der Waals surface area contributed by atoms with Crippen molar-refractivity contribution in [3.63, 3.8) is 0 Å². The van der Waals surface area contributed by atoms with E-state index in [2.05, 4.69) is 23.3 Å². The van der Waals surface area contributed by atoms with Crippen molar-refractivity contribution in [2.45, 2.75) is 38.8 Å². The van der Waals surface area contributed by atoms with Gasteiger partial charge >= 0.3 is 0 Å². The number of amides is 3. The molecule has 0 spiro atoms. The van der Waals surface area contributed by atoms with Crippen molar-refractivity contribution in [2.24, 2.45) is 0 Å². The van der Waals surface area contributed by atoms with Crippen molar-refractivity contribution in [2.75, 3.05) is 18.8 Å². The molecule has 1 fully saturated rings. The molecule has 2 N–H and O–H groups in total. The average Bonchev–Trinajstić information content (AvgIpc) is 2.88. The van der Waals surface area contributed by atoms with Crippen LogP contribution in [0.3, 0.4) is 0 Å². The van der Waals surface area contributed by atoms with Crippen molar-refractivity contribution in [3.05, 3.63) is 0 Å². The molecule has 0 aromatic heterocycles. The standard InChI is InChI=1S/C12H21N3O3S/c1-8(12(18)15-5-3-4-6-15)13-11(17)10(7-19)14-9(2)16/h8,10,19H,3-7H2,1-2H3,(H,13,17)(H,14,16). The zero-order chi connectivity index (χ0) is 14.4. The molecule has 2 unspecified atom stereocenters. The number of hydrogen-bond acceptors (Lipinski definition) is 4. The van der Waals surface area contributed by atoms with Gasteiger partial charge in [0, 0.05) is 25.8 Å². The Morgan fingerprint density at radius 2 is 1.79 bits per heavy atom. The molecule has 0 aromatic rings. The molecule has 108 valence electrons. The topological polar surface area (TPSA) is 78.5 Å². The van der Waals surface area contributed by atoms with Gasteiger partial charge < -0.3 is 15.5 Å². The number of carbonyl (C=O) groups is 3. The second kappa shape index (κ2) is 7.37. The Hall–Kier alpha value is -1.24. The monoisotopic (exact) mass is 287 g/mol. The Labute approximate surface area is 118 Å². The van der Waals surface area contributed by atoms with Gasteiger partial charge in [0.15, 0.2) is 0 Å². The number of likely N-dealkylation sites (tertiary alicyclic amines) is 1. The molecule has 1 rings (SSSR count). The van der Waals surface area contributed by atoms with Gasteiger partial charge in [-0.05, 0) is 19.8 Å². The quantitative estimate of drug-likeness (QED) is 0.599. The van der Waals surface area contributed by atoms with Gasteiger partial charge in [-0.3, -0.25) is 14.4 Å². The third-order valence-electron chi connectivity index (χ3n) is 3.02. The molecule has 1 heterocycles. The Kier molecular flexibility index (Phi) is 6.14. The normalized spacial score (nSPS) is 17.7. The van der Waals surface area contributed by atoms with Gasteiger partial charge in [-0.2, -0.15) is 12.6 Å². The van der Waals surface area contributed by atoms with Crippen molar-refractivity contribution >= 4 is 30.4 Å². The van der Waals surface area contributed by atoms with Crippen LogP contribution in [0.4, 0.5) is 0 Å². The van der Waals surface area contributed by atoms with E-state index in [0.717, 1.165) is 25.9 Å². The van der Waals surface area contributed by atoms with E-state index >= 15 is 0 Å². The van der Waals surface area contributed by atoms with Gasteiger partial charge in [0.25, 0.3) is 0 Å². The Morgan fingerprint density at radius 3 is 2.26 bits per heavy atom. The predicted octanol–water partition coefficient (Wildman–Crippen LogP) is -0.452. The van der Waals surface area contributed by atoms with Crippen LogP contribution < -0.4 is 10.6 Å². The molecule has 1 aliphatic rings. The largest absolute Gasteiger partial charge is 0.344 e. The molecular formula is C12H21N3O3S. The fraction of sp³-hybridized carbons (Fsp3) is 0.750. The van der Waals surface area contributed by atoms with Crippen LogP contribution in [-0.2, 0) is 14.4 Å². The second-order valence-corrected chi connectivity index (χ2v) is 5.06. The molecular weight excluding hydrogens is 266 g/mol. The van der Waals surface area contributed by atoms with Crippen LogP contribution in [0.2, 0.25) is 0 Å². The maximum atomic E-state index is 12.0. The number of rotatable bonds is 5. The molecule has 0 aromatic carbocycles. The van der Waals surface area contributed by atoms with Gasteiger partial charge in [-0.15, -0.1) is 0 Å². The molecule has 1 aliphatic heterocycles. The van der Waals surface area contributed by atoms with Crippen molar-refractivity contribution < 1.29 is 14.4 Å². The summed E-state index contributed by atoms with van der Waals surface area (Å²) in [5.74, 6) is -0.569. The summed E-state index contributed by atoms with van der Waals surface area (Å²) in [7, 11) is 0. The molecule has 1 saturated heterocycles. The fourth-order valence-electron chi connectivity index (χ4n) is 2.03. The maximum Gasteiger partial charge on any atom is 0.244 e. The van der Waals surface area contributed by atoms with Crippen molar-refractivity contribution in [3.8, 4) is 0 Å². The van der Waals surface area contributed by atoms with Crippen LogP contribution in [0.1, 0.15) is 26.7 Å². The second-order valence-electron chi connectivity index (χ2n) is 4.70. The van der Waals surface area contributed by atoms with Gasteiger partial charge in [0.1, 0.15) is 12.1 Å². The SMILES string of the molecule is CC(=O)NC(CS)C(=O)NC(C)C(=O)N1CCCC1. The molecule has 0 aliphatic carbocycles. The molecule has 0 saturated carbocycles. The summed E-state index contributed by atoms with van der Waals surface area (Å²) >= 11 is 4.02. The lowest BCUT2D eigenvalue weighted by molar-refractivity contribution is -0.135. The average molecular weight is 287 g/mol. The van der Waals surface area contributed by atoms with E-state index in [9.17, 15) is 14.4 Å². The maximum absolute atomic E-state index is 12.0. The molecule has 6 nitrogen and oxygen atoms in total. The highest BCUT2D eigenvalue weighted by atomic mass is 32.1. The molecule has 0 bridgehead atoms. The minimum Gasteiger partial charge on any atom is -0.344 e. The number of carbonyl (C=O) groups excluding carboxylic acids is 3. The van der Waals surface area contributed by atoms with E-state index in [4.69, 9.17) is 0 Å². The summed E-state index contributed by atoms with van der Waals surface area (Å²) in [6, 6.07) is -1.29. The van der Waals surface area contributed by atoms with Crippen LogP contribution in [0, 0.1) is 0 Å². The number of nitrogens with zero attached hydrogens (tertiary/aromatic N) is 1. The minimum absolute atomic E-state index is 0.0772. The van der Waals surface area contributed by atoms with Gasteiger partial charge in [-0.25, -0.2) is 0 Å². The molecule has 0 radical (unpaired) electrons. The van der Waals surface area contributed by atoms with Crippen LogP contribution in [0.5, 0.6) is 0 Å². The molecule has 19 heavy (non-hydrogen) atoms. The zero-order valence-corrected chi connectivity index (χ0v) is 12.2. The Bertz CT molecular complexity index is 356. The van der Waals surface area contributed by atoms with E-state index in [1.54, 1.807) is 11.8 Å². The van der Waals surface area contributed by atoms with E-state index in [1.807, 2.05) is 0 Å². The van der Waals surface area contributed by atoms with E-state index < -0.39 is 12.1 Å². The van der Waals surface area contributed by atoms with E-state index in [-0.39, 0.29) is 23.5 Å². The fourth-order valence-corrected chi connectivity index (χ4v) is 2.28. The summed E-state index contributed by atoms with van der Waals surface area (Å²) in [5, 5.41) is 5.11. The first-order chi connectivity index (χ1) is 8.95. The summed E-state index contributed by atoms with van der Waals surface area (Å²) in [5.41, 5.74) is 0. The Balaban J connectivity index is 2.49. The zero-order valence-electron chi connectivity index (χ0n) is 11.3. The summed E-state index contributed by atoms with van der Waals surface area (Å²) in [6.07, 6.45) is 2.02. The van der Waals surface area contributed by atoms with Crippen molar-refractivity contribution in [1.29, 1.82) is 0 Å². The van der Waals surface area contributed by atoms with Crippen LogP contribution in [-0.4, -0.2) is 53.5 Å². The van der Waals surface area contributed by atoms with Crippen LogP contribution >= 0.6 is 12.6 Å². The highest BCUT2D eigenvalue weighted by molar-refractivity contribution is 7.80. The summed E-state index contributed by atoms with van der Waals surface area (Å²) in [6.45, 7) is 4.49. The third kappa shape index (κ3) is 4.74. The first-order valence-corrected chi connectivity index (χ1v) is 7.06. The molecule has 3 amide bonds. The smallest absolute Gasteiger partial charge is 0.244 e. The first-order valence-electron chi connectivity index (χ1n) is 6.42. The minimum atomic E-state index is -0.713. The highest BCUT2D eigenvalue weighted by Crippen LogP contribution is 2.09. The lowest BCUT2D eigenvalue weighted by Gasteiger charge is -2.23. The number of hydrogen-bond donors (Lipinski definition) is 3. The van der Waals surface area contributed by atoms with Gasteiger partial charge in [0.2, 0.25) is 17.7 Å². The van der Waals surface area contributed by atoms with Crippen LogP contribution in [0.15, 0.2) is 0 Å². The molecule has 7 heteroatoms. The van der Waals surface area contributed by atoms with Gasteiger partial charge in [0.05, 0.1) is 0 Å². The van der Waals surface area contributed by atoms with E-state index in [1.165, 1.54) is 6.92 Å². The summed E-state index contributed by atoms with van der Waals surface area (Å²) < 4.78 is 0. The lowest BCUT2D eigenvalue weighted by atomic mass is 10.2. The highest BCUT2D eigenvalue weighted by Gasteiger charge is 2.26. The number of nitrogens with one attached hydrogen (secondary N) is 2. The van der Waals surface area contributed by atoms with E-state index in [0.29, 0.717) is 0 Å². The summed E-state index contributed by atoms with van der Waals surface area (Å²) in [4.78, 5) is 36.6. The van der Waals surface area contributed by atoms with Crippen molar-refractivity contribution in [1.82, 2.24) is 15.5 Å². The first kappa shape index (κ1) is 15.8. The van der Waals surface area contributed by atoms with Crippen LogP contribution in [0.25, 0.3) is 0 Å². The predicted molar refractivity (Wildman–Crippen MR) is 74.9 cm³/mol. The lowest BCUT2D eigenvalue weighted by Crippen LogP contribution is -2.53. The molecule has 2 atom stereocenters. The third-order valence-corrected chi connectivity index (χ3v) is 3.39. The Morgan fingerprint density at radius 1 is 1.21 bits per heavy atom.